The molecule has 0 saturated carbocycles. The molecular weight excluding hydrogens is 280 g/mol. The second-order valence-corrected chi connectivity index (χ2v) is 4.65. The van der Waals surface area contributed by atoms with E-state index in [0.29, 0.717) is 0 Å². The smallest absolute Gasteiger partial charge is 0.244 e. The maximum absolute atomic E-state index is 11.7. The number of carbonyl (C=O) groups excluding carboxylic acids is 1. The van der Waals surface area contributed by atoms with Crippen LogP contribution in [0.25, 0.3) is 6.08 Å². The van der Waals surface area contributed by atoms with Crippen LogP contribution in [-0.4, -0.2) is 29.7 Å². The number of ether oxygens (including phenoxy) is 1. The average molecular weight is 298 g/mol. The summed E-state index contributed by atoms with van der Waals surface area (Å²) in [7, 11) is 1.58. The number of benzene rings is 1. The second kappa shape index (κ2) is 7.95. The number of aliphatic hydroxyl groups excluding tert-OH is 1. The van der Waals surface area contributed by atoms with E-state index in [-0.39, 0.29) is 12.5 Å². The molecule has 2 aromatic rings. The highest BCUT2D eigenvalue weighted by molar-refractivity contribution is 5.91. The number of nitrogens with one attached hydrogen (secondary N) is 1. The highest BCUT2D eigenvalue weighted by Gasteiger charge is 2.08. The maximum Gasteiger partial charge on any atom is 0.244 e. The molecular formula is C17H18N2O3. The van der Waals surface area contributed by atoms with Gasteiger partial charge in [-0.15, -0.1) is 0 Å². The normalized spacial score (nSPS) is 12.1. The summed E-state index contributed by atoms with van der Waals surface area (Å²) in [6.07, 6.45) is 5.65. The number of hydrogen-bond acceptors (Lipinski definition) is 4. The Bertz CT molecular complexity index is 624. The van der Waals surface area contributed by atoms with Crippen molar-refractivity contribution in [1.82, 2.24) is 10.3 Å². The van der Waals surface area contributed by atoms with Crippen molar-refractivity contribution in [1.29, 1.82) is 0 Å². The van der Waals surface area contributed by atoms with Gasteiger partial charge in [-0.3, -0.25) is 9.78 Å². The second-order valence-electron chi connectivity index (χ2n) is 4.65. The summed E-state index contributed by atoms with van der Waals surface area (Å²) in [6, 6.07) is 10.7. The number of pyridine rings is 1. The van der Waals surface area contributed by atoms with Gasteiger partial charge in [0, 0.05) is 25.0 Å². The minimum atomic E-state index is -0.762. The van der Waals surface area contributed by atoms with Gasteiger partial charge in [-0.05, 0) is 35.4 Å². The summed E-state index contributed by atoms with van der Waals surface area (Å²) in [5.41, 5.74) is 1.56. The number of hydrogen-bond donors (Lipinski definition) is 2. The number of carbonyl (C=O) groups is 1. The van der Waals surface area contributed by atoms with Gasteiger partial charge in [-0.1, -0.05) is 18.2 Å². The fourth-order valence-corrected chi connectivity index (χ4v) is 1.85. The van der Waals surface area contributed by atoms with Crippen molar-refractivity contribution in [2.24, 2.45) is 0 Å². The van der Waals surface area contributed by atoms with Gasteiger partial charge in [0.2, 0.25) is 5.91 Å². The third kappa shape index (κ3) is 4.71. The zero-order valence-corrected chi connectivity index (χ0v) is 12.3. The molecule has 0 spiro atoms. The van der Waals surface area contributed by atoms with Crippen LogP contribution in [0.15, 0.2) is 54.9 Å². The van der Waals surface area contributed by atoms with E-state index in [2.05, 4.69) is 10.3 Å². The minimum absolute atomic E-state index is 0.141. The van der Waals surface area contributed by atoms with E-state index in [9.17, 15) is 9.90 Å². The van der Waals surface area contributed by atoms with E-state index in [1.54, 1.807) is 55.9 Å². The lowest BCUT2D eigenvalue weighted by molar-refractivity contribution is -0.116. The van der Waals surface area contributed by atoms with E-state index in [0.717, 1.165) is 16.9 Å². The van der Waals surface area contributed by atoms with E-state index in [1.807, 2.05) is 6.07 Å². The first-order valence-electron chi connectivity index (χ1n) is 6.87. The summed E-state index contributed by atoms with van der Waals surface area (Å²) in [5.74, 6) is 0.454. The molecule has 0 fully saturated rings. The summed E-state index contributed by atoms with van der Waals surface area (Å²) in [6.45, 7) is 0.141. The Labute approximate surface area is 129 Å². The van der Waals surface area contributed by atoms with Gasteiger partial charge in [0.1, 0.15) is 5.75 Å². The molecule has 1 unspecified atom stereocenters. The first-order chi connectivity index (χ1) is 10.7. The van der Waals surface area contributed by atoms with Crippen LogP contribution in [0.4, 0.5) is 0 Å². The SMILES string of the molecule is COc1ccc(C(O)CNC(=O)/C=C/c2cccnc2)cc1. The van der Waals surface area contributed by atoms with Crippen molar-refractivity contribution >= 4 is 12.0 Å². The van der Waals surface area contributed by atoms with Gasteiger partial charge in [-0.2, -0.15) is 0 Å². The zero-order chi connectivity index (χ0) is 15.8. The molecule has 0 saturated heterocycles. The fraction of sp³-hybridized carbons (Fsp3) is 0.176. The van der Waals surface area contributed by atoms with Gasteiger partial charge in [0.05, 0.1) is 13.2 Å². The van der Waals surface area contributed by atoms with Gasteiger partial charge >= 0.3 is 0 Å². The number of rotatable bonds is 6. The Balaban J connectivity index is 1.83. The zero-order valence-electron chi connectivity index (χ0n) is 12.3. The maximum atomic E-state index is 11.7. The highest BCUT2D eigenvalue weighted by Crippen LogP contribution is 2.16. The van der Waals surface area contributed by atoms with Crippen molar-refractivity contribution in [2.75, 3.05) is 13.7 Å². The molecule has 0 aliphatic heterocycles. The molecule has 1 atom stereocenters. The molecule has 0 radical (unpaired) electrons. The number of aliphatic hydroxyl groups is 1. The molecule has 1 amide bonds. The molecule has 5 heteroatoms. The van der Waals surface area contributed by atoms with Crippen molar-refractivity contribution in [3.63, 3.8) is 0 Å². The fourth-order valence-electron chi connectivity index (χ4n) is 1.85. The van der Waals surface area contributed by atoms with Gasteiger partial charge < -0.3 is 15.2 Å². The van der Waals surface area contributed by atoms with Crippen LogP contribution in [0.5, 0.6) is 5.75 Å². The lowest BCUT2D eigenvalue weighted by Crippen LogP contribution is -2.26. The van der Waals surface area contributed by atoms with Crippen LogP contribution >= 0.6 is 0 Å². The Morgan fingerprint density at radius 1 is 1.36 bits per heavy atom. The quantitative estimate of drug-likeness (QED) is 0.800. The molecule has 114 valence electrons. The molecule has 0 bridgehead atoms. The van der Waals surface area contributed by atoms with E-state index in [1.165, 1.54) is 6.08 Å². The number of nitrogens with zero attached hydrogens (tertiary/aromatic N) is 1. The molecule has 5 nitrogen and oxygen atoms in total. The van der Waals surface area contributed by atoms with Crippen molar-refractivity contribution in [2.45, 2.75) is 6.10 Å². The Hall–Kier alpha value is -2.66. The summed E-state index contributed by atoms with van der Waals surface area (Å²) in [5, 5.41) is 12.7. The van der Waals surface area contributed by atoms with Crippen molar-refractivity contribution in [3.05, 3.63) is 66.0 Å². The average Bonchev–Trinajstić information content (AvgIpc) is 2.58. The van der Waals surface area contributed by atoms with E-state index >= 15 is 0 Å². The van der Waals surface area contributed by atoms with Crippen molar-refractivity contribution in [3.8, 4) is 5.75 Å². The van der Waals surface area contributed by atoms with Crippen LogP contribution in [-0.2, 0) is 4.79 Å². The lowest BCUT2D eigenvalue weighted by atomic mass is 10.1. The van der Waals surface area contributed by atoms with Gasteiger partial charge in [0.15, 0.2) is 0 Å². The summed E-state index contributed by atoms with van der Waals surface area (Å²) >= 11 is 0. The first-order valence-corrected chi connectivity index (χ1v) is 6.87. The number of amides is 1. The molecule has 1 aromatic heterocycles. The predicted molar refractivity (Wildman–Crippen MR) is 84.2 cm³/mol. The van der Waals surface area contributed by atoms with Crippen LogP contribution < -0.4 is 10.1 Å². The Kier molecular flexibility index (Phi) is 5.68. The number of aromatic nitrogens is 1. The Morgan fingerprint density at radius 3 is 2.77 bits per heavy atom. The van der Waals surface area contributed by atoms with Gasteiger partial charge in [0.25, 0.3) is 0 Å². The third-order valence-corrected chi connectivity index (χ3v) is 3.08. The molecule has 0 aliphatic rings. The third-order valence-electron chi connectivity index (χ3n) is 3.08. The lowest BCUT2D eigenvalue weighted by Gasteiger charge is -2.11. The van der Waals surface area contributed by atoms with Crippen LogP contribution in [0.3, 0.4) is 0 Å². The summed E-state index contributed by atoms with van der Waals surface area (Å²) in [4.78, 5) is 15.7. The molecule has 1 aromatic carbocycles. The molecule has 22 heavy (non-hydrogen) atoms. The highest BCUT2D eigenvalue weighted by atomic mass is 16.5. The summed E-state index contributed by atoms with van der Waals surface area (Å²) < 4.78 is 5.06. The standard InChI is InChI=1S/C17H18N2O3/c1-22-15-7-5-14(6-8-15)16(20)12-19-17(21)9-4-13-3-2-10-18-11-13/h2-11,16,20H,12H2,1H3,(H,19,21)/b9-4+. The van der Waals surface area contributed by atoms with E-state index in [4.69, 9.17) is 4.74 Å². The molecule has 2 N–H and O–H groups in total. The topological polar surface area (TPSA) is 71.5 Å². The van der Waals surface area contributed by atoms with Crippen LogP contribution in [0.2, 0.25) is 0 Å². The molecule has 1 heterocycles. The molecule has 2 rings (SSSR count). The number of methoxy groups -OCH3 is 1. The largest absolute Gasteiger partial charge is 0.497 e. The minimum Gasteiger partial charge on any atom is -0.497 e. The monoisotopic (exact) mass is 298 g/mol. The first kappa shape index (κ1) is 15.7. The van der Waals surface area contributed by atoms with Crippen LogP contribution in [0.1, 0.15) is 17.2 Å². The Morgan fingerprint density at radius 2 is 2.14 bits per heavy atom. The van der Waals surface area contributed by atoms with Crippen molar-refractivity contribution < 1.29 is 14.6 Å². The van der Waals surface area contributed by atoms with E-state index < -0.39 is 6.10 Å². The predicted octanol–water partition coefficient (Wildman–Crippen LogP) is 1.95. The van der Waals surface area contributed by atoms with Gasteiger partial charge in [-0.25, -0.2) is 0 Å². The van der Waals surface area contributed by atoms with Crippen LogP contribution in [0, 0.1) is 0 Å². The molecule has 0 aliphatic carbocycles.